The van der Waals surface area contributed by atoms with Crippen LogP contribution in [0.15, 0.2) is 0 Å². The Morgan fingerprint density at radius 1 is 0.328 bits per heavy atom. The summed E-state index contributed by atoms with van der Waals surface area (Å²) < 4.78 is 5.65. The lowest BCUT2D eigenvalue weighted by molar-refractivity contribution is -0.143. The average Bonchev–Trinajstić information content (AvgIpc) is 3.23. The molecule has 0 aliphatic carbocycles. The molecule has 3 nitrogen and oxygen atoms in total. The van der Waals surface area contributed by atoms with E-state index in [1.165, 1.54) is 295 Å². The van der Waals surface area contributed by atoms with Gasteiger partial charge in [0.05, 0.1) is 0 Å². The lowest BCUT2D eigenvalue weighted by Crippen LogP contribution is -2.32. The van der Waals surface area contributed by atoms with E-state index in [0.29, 0.717) is 19.1 Å². The molecule has 3 heteroatoms. The molecule has 0 aromatic rings. The van der Waals surface area contributed by atoms with Gasteiger partial charge in [-0.2, -0.15) is 0 Å². The van der Waals surface area contributed by atoms with Crippen molar-refractivity contribution in [1.29, 1.82) is 0 Å². The minimum Gasteiger partial charge on any atom is -0.464 e. The Morgan fingerprint density at radius 2 is 0.552 bits per heavy atom. The van der Waals surface area contributed by atoms with E-state index in [-0.39, 0.29) is 5.97 Å². The van der Waals surface area contributed by atoms with Gasteiger partial charge in [0.15, 0.2) is 0 Å². The van der Waals surface area contributed by atoms with Crippen molar-refractivity contribution in [2.45, 2.75) is 335 Å². The summed E-state index contributed by atoms with van der Waals surface area (Å²) in [7, 11) is 0. The molecule has 0 unspecified atom stereocenters. The van der Waals surface area contributed by atoms with Crippen LogP contribution in [0.4, 0.5) is 0 Å². The van der Waals surface area contributed by atoms with Gasteiger partial charge in [-0.3, -0.25) is 4.79 Å². The molecule has 0 saturated heterocycles. The molecule has 0 bridgehead atoms. The number of carbonyl (C=O) groups is 1. The van der Waals surface area contributed by atoms with Gasteiger partial charge in [0.25, 0.3) is 0 Å². The van der Waals surface area contributed by atoms with E-state index in [9.17, 15) is 4.79 Å². The van der Waals surface area contributed by atoms with Crippen LogP contribution in [0.3, 0.4) is 0 Å². The molecule has 0 aromatic heterocycles. The first-order valence-electron chi connectivity index (χ1n) is 27.6. The third-order valence-electron chi connectivity index (χ3n) is 13.1. The van der Waals surface area contributed by atoms with E-state index in [1.807, 2.05) is 0 Å². The van der Waals surface area contributed by atoms with Gasteiger partial charge in [0, 0.05) is 19.0 Å². The van der Waals surface area contributed by atoms with Gasteiger partial charge in [-0.25, -0.2) is 0 Å². The minimum atomic E-state index is 0.00768. The standard InChI is InChI=1S/C55H111NO2/c1-4-7-10-13-16-19-21-23-25-27-29-31-33-35-38-40-43-46-49-54(56-52-53-58-55(57)51-48-45-42-37-18-15-12-9-6-3)50-47-44-41-39-36-34-32-30-28-26-24-22-20-17-14-11-8-5-2/h54,56H,4-53H2,1-3H3. The Morgan fingerprint density at radius 3 is 0.810 bits per heavy atom. The highest BCUT2D eigenvalue weighted by molar-refractivity contribution is 5.69. The fraction of sp³-hybridized carbons (Fsp3) is 0.982. The first kappa shape index (κ1) is 57.4. The van der Waals surface area contributed by atoms with E-state index in [4.69, 9.17) is 4.74 Å². The second-order valence-corrected chi connectivity index (χ2v) is 19.0. The molecule has 0 fully saturated rings. The number of hydrogen-bond acceptors (Lipinski definition) is 3. The summed E-state index contributed by atoms with van der Waals surface area (Å²) in [5.41, 5.74) is 0. The normalized spacial score (nSPS) is 11.7. The van der Waals surface area contributed by atoms with Crippen LogP contribution in [-0.4, -0.2) is 25.2 Å². The van der Waals surface area contributed by atoms with Crippen LogP contribution >= 0.6 is 0 Å². The van der Waals surface area contributed by atoms with Crippen LogP contribution in [0.5, 0.6) is 0 Å². The number of unbranched alkanes of at least 4 members (excludes halogenated alkanes) is 42. The zero-order chi connectivity index (χ0) is 41.9. The fourth-order valence-electron chi connectivity index (χ4n) is 9.01. The smallest absolute Gasteiger partial charge is 0.305 e. The van der Waals surface area contributed by atoms with Crippen LogP contribution in [0.1, 0.15) is 329 Å². The topological polar surface area (TPSA) is 38.3 Å². The van der Waals surface area contributed by atoms with E-state index in [1.54, 1.807) is 0 Å². The van der Waals surface area contributed by atoms with Crippen LogP contribution in [0, 0.1) is 0 Å². The van der Waals surface area contributed by atoms with Gasteiger partial charge in [0.2, 0.25) is 0 Å². The second-order valence-electron chi connectivity index (χ2n) is 19.0. The molecule has 0 aliphatic heterocycles. The zero-order valence-electron chi connectivity index (χ0n) is 40.7. The first-order valence-corrected chi connectivity index (χ1v) is 27.6. The molecular formula is C55H111NO2. The third-order valence-corrected chi connectivity index (χ3v) is 13.1. The summed E-state index contributed by atoms with van der Waals surface area (Å²) in [6.07, 6.45) is 66.4. The molecule has 0 spiro atoms. The third kappa shape index (κ3) is 49.8. The van der Waals surface area contributed by atoms with Crippen LogP contribution in [0.25, 0.3) is 0 Å². The Balaban J connectivity index is 4.03. The number of nitrogens with one attached hydrogen (secondary N) is 1. The van der Waals surface area contributed by atoms with Crippen molar-refractivity contribution in [1.82, 2.24) is 5.32 Å². The lowest BCUT2D eigenvalue weighted by Gasteiger charge is -2.19. The van der Waals surface area contributed by atoms with Gasteiger partial charge in [-0.1, -0.05) is 303 Å². The summed E-state index contributed by atoms with van der Waals surface area (Å²) in [5, 5.41) is 3.82. The second kappa shape index (κ2) is 52.6. The zero-order valence-corrected chi connectivity index (χ0v) is 40.7. The fourth-order valence-corrected chi connectivity index (χ4v) is 9.01. The number of ether oxygens (including phenoxy) is 1. The van der Waals surface area contributed by atoms with Crippen LogP contribution in [0.2, 0.25) is 0 Å². The van der Waals surface area contributed by atoms with Crippen molar-refractivity contribution < 1.29 is 9.53 Å². The molecule has 58 heavy (non-hydrogen) atoms. The maximum absolute atomic E-state index is 12.4. The van der Waals surface area contributed by atoms with Gasteiger partial charge >= 0.3 is 5.97 Å². The highest BCUT2D eigenvalue weighted by Crippen LogP contribution is 2.18. The van der Waals surface area contributed by atoms with Crippen molar-refractivity contribution in [3.05, 3.63) is 0 Å². The van der Waals surface area contributed by atoms with Crippen molar-refractivity contribution in [3.8, 4) is 0 Å². The van der Waals surface area contributed by atoms with Gasteiger partial charge in [-0.15, -0.1) is 0 Å². The molecule has 0 amide bonds. The van der Waals surface area contributed by atoms with Crippen molar-refractivity contribution in [3.63, 3.8) is 0 Å². The molecule has 0 aliphatic rings. The molecule has 0 radical (unpaired) electrons. The summed E-state index contributed by atoms with van der Waals surface area (Å²) >= 11 is 0. The van der Waals surface area contributed by atoms with Gasteiger partial charge < -0.3 is 10.1 Å². The highest BCUT2D eigenvalue weighted by Gasteiger charge is 2.09. The SMILES string of the molecule is CCCCCCCCCCCCCCCCCCCCC(CCCCCCCCCCCCCCCCCCCC)NCCOC(=O)CCCCCCCCCCC. The van der Waals surface area contributed by atoms with Crippen LogP contribution < -0.4 is 5.32 Å². The van der Waals surface area contributed by atoms with Crippen molar-refractivity contribution >= 4 is 5.97 Å². The van der Waals surface area contributed by atoms with Crippen LogP contribution in [-0.2, 0) is 9.53 Å². The first-order chi connectivity index (χ1) is 28.7. The maximum atomic E-state index is 12.4. The van der Waals surface area contributed by atoms with E-state index < -0.39 is 0 Å². The molecule has 0 atom stereocenters. The predicted octanol–water partition coefficient (Wildman–Crippen LogP) is 19.3. The number of esters is 1. The molecule has 0 heterocycles. The van der Waals surface area contributed by atoms with Crippen molar-refractivity contribution in [2.24, 2.45) is 0 Å². The summed E-state index contributed by atoms with van der Waals surface area (Å²) in [4.78, 5) is 12.4. The number of rotatable bonds is 52. The summed E-state index contributed by atoms with van der Waals surface area (Å²) in [6.45, 7) is 8.24. The quantitative estimate of drug-likeness (QED) is 0.0491. The highest BCUT2D eigenvalue weighted by atomic mass is 16.5. The minimum absolute atomic E-state index is 0.00768. The maximum Gasteiger partial charge on any atom is 0.305 e. The molecule has 0 saturated carbocycles. The van der Waals surface area contributed by atoms with Crippen molar-refractivity contribution in [2.75, 3.05) is 13.2 Å². The summed E-state index contributed by atoms with van der Waals surface area (Å²) in [6, 6.07) is 0.582. The largest absolute Gasteiger partial charge is 0.464 e. The average molecular weight is 818 g/mol. The number of carbonyl (C=O) groups excluding carboxylic acids is 1. The monoisotopic (exact) mass is 818 g/mol. The molecule has 0 aromatic carbocycles. The Kier molecular flexibility index (Phi) is 52.1. The Bertz CT molecular complexity index is 699. The Hall–Kier alpha value is -0.570. The van der Waals surface area contributed by atoms with E-state index >= 15 is 0 Å². The lowest BCUT2D eigenvalue weighted by atomic mass is 9.99. The molecule has 1 N–H and O–H groups in total. The van der Waals surface area contributed by atoms with Gasteiger partial charge in [0.1, 0.15) is 6.61 Å². The number of hydrogen-bond donors (Lipinski definition) is 1. The van der Waals surface area contributed by atoms with E-state index in [2.05, 4.69) is 26.1 Å². The summed E-state index contributed by atoms with van der Waals surface area (Å²) in [5.74, 6) is 0.00768. The van der Waals surface area contributed by atoms with Gasteiger partial charge in [-0.05, 0) is 19.3 Å². The van der Waals surface area contributed by atoms with E-state index in [0.717, 1.165) is 13.0 Å². The predicted molar refractivity (Wildman–Crippen MR) is 261 cm³/mol. The molecular weight excluding hydrogens is 707 g/mol. The molecule has 348 valence electrons. The molecule has 0 rings (SSSR count). The Labute approximate surface area is 367 Å².